The number of hydrogen-bond acceptors (Lipinski definition) is 3. The van der Waals surface area contributed by atoms with Gasteiger partial charge >= 0.3 is 12.0 Å². The molecule has 0 spiro atoms. The standard InChI is InChI=1S/C11H12BrFN2O4/c1-5-2-7(13)6(12)3-8(5)15-11(19)14-4-9(16)10(17)18/h2-3,9,16H,4H2,1H3,(H,17,18)(H2,14,15,19). The second-order valence-electron chi connectivity index (χ2n) is 3.77. The van der Waals surface area contributed by atoms with E-state index in [0.717, 1.165) is 0 Å². The molecule has 1 atom stereocenters. The molecule has 0 aliphatic rings. The summed E-state index contributed by atoms with van der Waals surface area (Å²) in [5, 5.41) is 22.0. The molecule has 0 aromatic heterocycles. The van der Waals surface area contributed by atoms with E-state index in [0.29, 0.717) is 11.3 Å². The van der Waals surface area contributed by atoms with Gasteiger partial charge in [0.1, 0.15) is 5.82 Å². The quantitative estimate of drug-likeness (QED) is 0.670. The number of aliphatic carboxylic acids is 1. The normalized spacial score (nSPS) is 11.8. The molecule has 0 radical (unpaired) electrons. The van der Waals surface area contributed by atoms with Gasteiger partial charge < -0.3 is 20.8 Å². The number of rotatable bonds is 4. The number of aliphatic hydroxyl groups is 1. The zero-order valence-electron chi connectivity index (χ0n) is 9.91. The number of benzene rings is 1. The number of urea groups is 1. The highest BCUT2D eigenvalue weighted by molar-refractivity contribution is 9.10. The highest BCUT2D eigenvalue weighted by atomic mass is 79.9. The molecule has 104 valence electrons. The topological polar surface area (TPSA) is 98.7 Å². The lowest BCUT2D eigenvalue weighted by molar-refractivity contribution is -0.146. The maximum atomic E-state index is 13.2. The molecular formula is C11H12BrFN2O4. The SMILES string of the molecule is Cc1cc(F)c(Br)cc1NC(=O)NCC(O)C(=O)O. The number of hydrogen-bond donors (Lipinski definition) is 4. The molecule has 0 aliphatic carbocycles. The molecule has 0 saturated carbocycles. The molecule has 0 bridgehead atoms. The summed E-state index contributed by atoms with van der Waals surface area (Å²) in [6.45, 7) is 1.18. The Bertz CT molecular complexity index is 510. The van der Waals surface area contributed by atoms with Crippen LogP contribution in [0.2, 0.25) is 0 Å². The van der Waals surface area contributed by atoms with E-state index in [1.165, 1.54) is 12.1 Å². The summed E-state index contributed by atoms with van der Waals surface area (Å²) in [5.74, 6) is -1.88. The number of carbonyl (C=O) groups excluding carboxylic acids is 1. The summed E-state index contributed by atoms with van der Waals surface area (Å²) in [6.07, 6.45) is -1.67. The van der Waals surface area contributed by atoms with E-state index in [1.54, 1.807) is 6.92 Å². The van der Waals surface area contributed by atoms with Crippen molar-refractivity contribution in [3.8, 4) is 0 Å². The Morgan fingerprint density at radius 3 is 2.68 bits per heavy atom. The van der Waals surface area contributed by atoms with Gasteiger partial charge in [0, 0.05) is 5.69 Å². The van der Waals surface area contributed by atoms with E-state index in [1.807, 2.05) is 0 Å². The van der Waals surface area contributed by atoms with Crippen LogP contribution in [0.4, 0.5) is 14.9 Å². The largest absolute Gasteiger partial charge is 0.479 e. The fourth-order valence-electron chi connectivity index (χ4n) is 1.22. The summed E-state index contributed by atoms with van der Waals surface area (Å²) in [6, 6.07) is 1.94. The Hall–Kier alpha value is -1.67. The third kappa shape index (κ3) is 4.49. The molecule has 1 unspecified atom stereocenters. The van der Waals surface area contributed by atoms with Gasteiger partial charge in [0.2, 0.25) is 0 Å². The Balaban J connectivity index is 2.62. The molecule has 0 heterocycles. The lowest BCUT2D eigenvalue weighted by atomic mass is 10.2. The molecule has 0 fully saturated rings. The van der Waals surface area contributed by atoms with Gasteiger partial charge in [0.25, 0.3) is 0 Å². The van der Waals surface area contributed by atoms with Crippen LogP contribution in [0.25, 0.3) is 0 Å². The Morgan fingerprint density at radius 2 is 2.11 bits per heavy atom. The molecular weight excluding hydrogens is 323 g/mol. The van der Waals surface area contributed by atoms with Gasteiger partial charge in [0.15, 0.2) is 6.10 Å². The summed E-state index contributed by atoms with van der Waals surface area (Å²) in [7, 11) is 0. The number of carboxylic acid groups (broad SMARTS) is 1. The molecule has 6 nitrogen and oxygen atoms in total. The fourth-order valence-corrected chi connectivity index (χ4v) is 1.57. The van der Waals surface area contributed by atoms with Crippen LogP contribution in [-0.2, 0) is 4.79 Å². The molecule has 8 heteroatoms. The van der Waals surface area contributed by atoms with Crippen molar-refractivity contribution in [2.24, 2.45) is 0 Å². The smallest absolute Gasteiger partial charge is 0.334 e. The molecule has 0 aliphatic heterocycles. The van der Waals surface area contributed by atoms with Gasteiger partial charge in [-0.25, -0.2) is 14.0 Å². The minimum absolute atomic E-state index is 0.193. The lowest BCUT2D eigenvalue weighted by Crippen LogP contribution is -2.38. The van der Waals surface area contributed by atoms with Gasteiger partial charge in [-0.3, -0.25) is 0 Å². The molecule has 2 amide bonds. The Morgan fingerprint density at radius 1 is 1.47 bits per heavy atom. The number of aliphatic hydroxyl groups excluding tert-OH is 1. The van der Waals surface area contributed by atoms with Crippen LogP contribution in [0.1, 0.15) is 5.56 Å². The number of amides is 2. The number of nitrogens with one attached hydrogen (secondary N) is 2. The van der Waals surface area contributed by atoms with E-state index in [2.05, 4.69) is 26.6 Å². The predicted octanol–water partition coefficient (Wildman–Crippen LogP) is 1.46. The van der Waals surface area contributed by atoms with Crippen LogP contribution >= 0.6 is 15.9 Å². The average molecular weight is 335 g/mol. The highest BCUT2D eigenvalue weighted by Crippen LogP contribution is 2.24. The fraction of sp³-hybridized carbons (Fsp3) is 0.273. The number of anilines is 1. The van der Waals surface area contributed by atoms with E-state index >= 15 is 0 Å². The van der Waals surface area contributed by atoms with Crippen LogP contribution in [0.15, 0.2) is 16.6 Å². The van der Waals surface area contributed by atoms with Crippen molar-refractivity contribution in [3.05, 3.63) is 28.0 Å². The average Bonchev–Trinajstić information content (AvgIpc) is 2.32. The van der Waals surface area contributed by atoms with Gasteiger partial charge in [-0.1, -0.05) is 0 Å². The summed E-state index contributed by atoms with van der Waals surface area (Å²) in [5.41, 5.74) is 0.880. The van der Waals surface area contributed by atoms with E-state index < -0.39 is 30.5 Å². The van der Waals surface area contributed by atoms with Crippen molar-refractivity contribution < 1.29 is 24.2 Å². The van der Waals surface area contributed by atoms with Crippen LogP contribution < -0.4 is 10.6 Å². The molecule has 0 saturated heterocycles. The van der Waals surface area contributed by atoms with Crippen molar-refractivity contribution in [2.45, 2.75) is 13.0 Å². The van der Waals surface area contributed by atoms with Gasteiger partial charge in [-0.2, -0.15) is 0 Å². The van der Waals surface area contributed by atoms with Crippen LogP contribution in [-0.4, -0.2) is 34.9 Å². The second kappa shape index (κ2) is 6.48. The van der Waals surface area contributed by atoms with Crippen molar-refractivity contribution in [1.29, 1.82) is 0 Å². The molecule has 1 rings (SSSR count). The van der Waals surface area contributed by atoms with E-state index in [4.69, 9.17) is 10.2 Å². The molecule has 19 heavy (non-hydrogen) atoms. The van der Waals surface area contributed by atoms with E-state index in [-0.39, 0.29) is 4.47 Å². The number of aryl methyl sites for hydroxylation is 1. The van der Waals surface area contributed by atoms with Gasteiger partial charge in [0.05, 0.1) is 11.0 Å². The second-order valence-corrected chi connectivity index (χ2v) is 4.62. The summed E-state index contributed by atoms with van der Waals surface area (Å²) < 4.78 is 13.4. The van der Waals surface area contributed by atoms with Crippen LogP contribution in [0.3, 0.4) is 0 Å². The monoisotopic (exact) mass is 334 g/mol. The van der Waals surface area contributed by atoms with Gasteiger partial charge in [-0.05, 0) is 40.5 Å². The van der Waals surface area contributed by atoms with Gasteiger partial charge in [-0.15, -0.1) is 0 Å². The third-order valence-corrected chi connectivity index (χ3v) is 2.86. The van der Waals surface area contributed by atoms with E-state index in [9.17, 15) is 14.0 Å². The summed E-state index contributed by atoms with van der Waals surface area (Å²) in [4.78, 5) is 21.8. The van der Waals surface area contributed by atoms with Crippen molar-refractivity contribution in [1.82, 2.24) is 5.32 Å². The van der Waals surface area contributed by atoms with Crippen molar-refractivity contribution >= 4 is 33.6 Å². The van der Waals surface area contributed by atoms with Crippen molar-refractivity contribution in [2.75, 3.05) is 11.9 Å². The molecule has 1 aromatic carbocycles. The van der Waals surface area contributed by atoms with Crippen LogP contribution in [0, 0.1) is 12.7 Å². The van der Waals surface area contributed by atoms with Crippen LogP contribution in [0.5, 0.6) is 0 Å². The lowest BCUT2D eigenvalue weighted by Gasteiger charge is -2.11. The first kappa shape index (κ1) is 15.4. The van der Waals surface area contributed by atoms with Crippen molar-refractivity contribution in [3.63, 3.8) is 0 Å². The summed E-state index contributed by atoms with van der Waals surface area (Å²) >= 11 is 2.99. The number of carboxylic acids is 1. The maximum absolute atomic E-state index is 13.2. The zero-order chi connectivity index (χ0) is 14.6. The molecule has 1 aromatic rings. The number of halogens is 2. The zero-order valence-corrected chi connectivity index (χ0v) is 11.5. The first-order valence-corrected chi connectivity index (χ1v) is 6.02. The Kier molecular flexibility index (Phi) is 5.25. The first-order chi connectivity index (χ1) is 8.81. The maximum Gasteiger partial charge on any atom is 0.334 e. The third-order valence-electron chi connectivity index (χ3n) is 2.26. The minimum Gasteiger partial charge on any atom is -0.479 e. The number of carbonyl (C=O) groups is 2. The molecule has 4 N–H and O–H groups in total. The predicted molar refractivity (Wildman–Crippen MR) is 69.5 cm³/mol. The first-order valence-electron chi connectivity index (χ1n) is 5.22. The Labute approximate surface area is 116 Å². The highest BCUT2D eigenvalue weighted by Gasteiger charge is 2.14. The minimum atomic E-state index is -1.67.